The molecule has 2 aromatic rings. The van der Waals surface area contributed by atoms with E-state index in [-0.39, 0.29) is 5.91 Å². The van der Waals surface area contributed by atoms with Gasteiger partial charge in [0.25, 0.3) is 5.91 Å². The van der Waals surface area contributed by atoms with E-state index in [4.69, 9.17) is 23.2 Å². The fourth-order valence-electron chi connectivity index (χ4n) is 1.58. The Bertz CT molecular complexity index is 643. The van der Waals surface area contributed by atoms with Crippen molar-refractivity contribution in [1.82, 2.24) is 0 Å². The van der Waals surface area contributed by atoms with Crippen LogP contribution in [0.4, 0.5) is 5.69 Å². The van der Waals surface area contributed by atoms with Crippen LogP contribution in [0.25, 0.3) is 0 Å². The molecule has 0 aliphatic rings. The third-order valence-corrected chi connectivity index (χ3v) is 3.75. The van der Waals surface area contributed by atoms with Gasteiger partial charge in [0.15, 0.2) is 0 Å². The van der Waals surface area contributed by atoms with E-state index in [2.05, 4.69) is 21.2 Å². The Hall–Kier alpha value is -1.03. The summed E-state index contributed by atoms with van der Waals surface area (Å²) in [5, 5.41) is 3.81. The summed E-state index contributed by atoms with van der Waals surface area (Å²) >= 11 is 15.3. The lowest BCUT2D eigenvalue weighted by Crippen LogP contribution is -2.12. The minimum absolute atomic E-state index is 0.256. The smallest absolute Gasteiger partial charge is 0.257 e. The maximum absolute atomic E-state index is 12.1. The molecular weight excluding hydrogens is 349 g/mol. The molecule has 0 atom stereocenters. The molecule has 5 heteroatoms. The molecule has 2 aromatic carbocycles. The van der Waals surface area contributed by atoms with Crippen LogP contribution in [0.1, 0.15) is 15.9 Å². The summed E-state index contributed by atoms with van der Waals surface area (Å²) in [6.45, 7) is 1.92. The SMILES string of the molecule is Cc1ccc(C(=O)Nc2ccc(Cl)cc2Br)c(Cl)c1. The van der Waals surface area contributed by atoms with Crippen LogP contribution in [0.2, 0.25) is 10.0 Å². The summed E-state index contributed by atoms with van der Waals surface area (Å²) < 4.78 is 0.719. The third kappa shape index (κ3) is 3.50. The van der Waals surface area contributed by atoms with Crippen LogP contribution >= 0.6 is 39.1 Å². The maximum Gasteiger partial charge on any atom is 0.257 e. The van der Waals surface area contributed by atoms with Gasteiger partial charge in [-0.1, -0.05) is 29.3 Å². The molecule has 0 aliphatic carbocycles. The number of carbonyl (C=O) groups excluding carboxylic acids is 1. The monoisotopic (exact) mass is 357 g/mol. The van der Waals surface area contributed by atoms with Gasteiger partial charge in [-0.05, 0) is 58.7 Å². The molecule has 0 aromatic heterocycles. The van der Waals surface area contributed by atoms with Gasteiger partial charge in [0, 0.05) is 9.50 Å². The minimum atomic E-state index is -0.256. The van der Waals surface area contributed by atoms with Crippen LogP contribution < -0.4 is 5.32 Å². The normalized spacial score (nSPS) is 10.3. The molecule has 0 spiro atoms. The molecule has 2 rings (SSSR count). The molecule has 98 valence electrons. The Kier molecular flexibility index (Phi) is 4.50. The molecule has 0 saturated heterocycles. The van der Waals surface area contributed by atoms with Crippen molar-refractivity contribution in [2.45, 2.75) is 6.92 Å². The lowest BCUT2D eigenvalue weighted by atomic mass is 10.1. The van der Waals surface area contributed by atoms with Gasteiger partial charge in [-0.15, -0.1) is 0 Å². The van der Waals surface area contributed by atoms with Crippen molar-refractivity contribution < 1.29 is 4.79 Å². The van der Waals surface area contributed by atoms with Crippen molar-refractivity contribution in [3.05, 3.63) is 62.0 Å². The van der Waals surface area contributed by atoms with Crippen LogP contribution in [0.5, 0.6) is 0 Å². The second-order valence-electron chi connectivity index (χ2n) is 4.06. The predicted octanol–water partition coefficient (Wildman–Crippen LogP) is 5.32. The fraction of sp³-hybridized carbons (Fsp3) is 0.0714. The number of halogens is 3. The first-order valence-corrected chi connectivity index (χ1v) is 7.05. The lowest BCUT2D eigenvalue weighted by molar-refractivity contribution is 0.102. The summed E-state index contributed by atoms with van der Waals surface area (Å²) in [5.41, 5.74) is 2.09. The first kappa shape index (κ1) is 14.4. The molecule has 0 unspecified atom stereocenters. The van der Waals surface area contributed by atoms with Crippen molar-refractivity contribution in [3.63, 3.8) is 0 Å². The predicted molar refractivity (Wildman–Crippen MR) is 83.3 cm³/mol. The average Bonchev–Trinajstić information content (AvgIpc) is 2.32. The fourth-order valence-corrected chi connectivity index (χ4v) is 2.69. The zero-order valence-electron chi connectivity index (χ0n) is 10.0. The Morgan fingerprint density at radius 1 is 1.16 bits per heavy atom. The highest BCUT2D eigenvalue weighted by atomic mass is 79.9. The molecule has 1 amide bonds. The lowest BCUT2D eigenvalue weighted by Gasteiger charge is -2.09. The Balaban J connectivity index is 2.25. The van der Waals surface area contributed by atoms with Crippen LogP contribution in [-0.2, 0) is 0 Å². The topological polar surface area (TPSA) is 29.1 Å². The zero-order chi connectivity index (χ0) is 14.0. The van der Waals surface area contributed by atoms with Gasteiger partial charge in [-0.3, -0.25) is 4.79 Å². The molecule has 0 radical (unpaired) electrons. The van der Waals surface area contributed by atoms with E-state index in [1.54, 1.807) is 30.3 Å². The third-order valence-electron chi connectivity index (χ3n) is 2.55. The van der Waals surface area contributed by atoms with Gasteiger partial charge >= 0.3 is 0 Å². The van der Waals surface area contributed by atoms with E-state index < -0.39 is 0 Å². The Labute approximate surface area is 129 Å². The van der Waals surface area contributed by atoms with Crippen molar-refractivity contribution in [3.8, 4) is 0 Å². The number of benzene rings is 2. The number of hydrogen-bond donors (Lipinski definition) is 1. The second kappa shape index (κ2) is 5.95. The molecular formula is C14H10BrCl2NO. The molecule has 0 fully saturated rings. The van der Waals surface area contributed by atoms with Crippen molar-refractivity contribution in [2.75, 3.05) is 5.32 Å². The van der Waals surface area contributed by atoms with Crippen molar-refractivity contribution in [2.24, 2.45) is 0 Å². The quantitative estimate of drug-likeness (QED) is 0.773. The van der Waals surface area contributed by atoms with E-state index in [9.17, 15) is 4.79 Å². The largest absolute Gasteiger partial charge is 0.321 e. The Morgan fingerprint density at radius 2 is 1.89 bits per heavy atom. The standard InChI is InChI=1S/C14H10BrCl2NO/c1-8-2-4-10(12(17)6-8)14(19)18-13-5-3-9(16)7-11(13)15/h2-7H,1H3,(H,18,19). The molecule has 0 heterocycles. The number of aryl methyl sites for hydroxylation is 1. The molecule has 1 N–H and O–H groups in total. The summed E-state index contributed by atoms with van der Waals surface area (Å²) in [5.74, 6) is -0.256. The van der Waals surface area contributed by atoms with Gasteiger partial charge in [-0.25, -0.2) is 0 Å². The van der Waals surface area contributed by atoms with E-state index >= 15 is 0 Å². The van der Waals surface area contributed by atoms with Gasteiger partial charge in [-0.2, -0.15) is 0 Å². The minimum Gasteiger partial charge on any atom is -0.321 e. The first-order chi connectivity index (χ1) is 8.97. The molecule has 0 saturated carbocycles. The van der Waals surface area contributed by atoms with Crippen LogP contribution in [0.15, 0.2) is 40.9 Å². The highest BCUT2D eigenvalue weighted by Gasteiger charge is 2.12. The molecule has 0 bridgehead atoms. The summed E-state index contributed by atoms with van der Waals surface area (Å²) in [7, 11) is 0. The van der Waals surface area contributed by atoms with Gasteiger partial charge in [0.05, 0.1) is 16.3 Å². The Morgan fingerprint density at radius 3 is 2.53 bits per heavy atom. The average molecular weight is 359 g/mol. The molecule has 19 heavy (non-hydrogen) atoms. The van der Waals surface area contributed by atoms with Crippen LogP contribution in [0, 0.1) is 6.92 Å². The number of amides is 1. The summed E-state index contributed by atoms with van der Waals surface area (Å²) in [6.07, 6.45) is 0. The first-order valence-electron chi connectivity index (χ1n) is 5.50. The van der Waals surface area contributed by atoms with E-state index in [1.165, 1.54) is 0 Å². The van der Waals surface area contributed by atoms with E-state index in [0.717, 1.165) is 10.0 Å². The van der Waals surface area contributed by atoms with Gasteiger partial charge < -0.3 is 5.32 Å². The van der Waals surface area contributed by atoms with E-state index in [0.29, 0.717) is 21.3 Å². The van der Waals surface area contributed by atoms with Crippen molar-refractivity contribution in [1.29, 1.82) is 0 Å². The maximum atomic E-state index is 12.1. The van der Waals surface area contributed by atoms with Crippen LogP contribution in [0.3, 0.4) is 0 Å². The highest BCUT2D eigenvalue weighted by molar-refractivity contribution is 9.10. The van der Waals surface area contributed by atoms with Crippen molar-refractivity contribution >= 4 is 50.7 Å². The zero-order valence-corrected chi connectivity index (χ0v) is 13.1. The number of carbonyl (C=O) groups is 1. The van der Waals surface area contributed by atoms with Crippen LogP contribution in [-0.4, -0.2) is 5.91 Å². The highest BCUT2D eigenvalue weighted by Crippen LogP contribution is 2.27. The number of hydrogen-bond acceptors (Lipinski definition) is 1. The van der Waals surface area contributed by atoms with Gasteiger partial charge in [0.2, 0.25) is 0 Å². The van der Waals surface area contributed by atoms with E-state index in [1.807, 2.05) is 13.0 Å². The number of anilines is 1. The summed E-state index contributed by atoms with van der Waals surface area (Å²) in [6, 6.07) is 10.5. The molecule has 2 nitrogen and oxygen atoms in total. The summed E-state index contributed by atoms with van der Waals surface area (Å²) in [4.78, 5) is 12.1. The number of nitrogens with one attached hydrogen (secondary N) is 1. The van der Waals surface area contributed by atoms with Gasteiger partial charge in [0.1, 0.15) is 0 Å². The number of rotatable bonds is 2. The molecule has 0 aliphatic heterocycles. The second-order valence-corrected chi connectivity index (χ2v) is 5.76.